The fourth-order valence-corrected chi connectivity index (χ4v) is 3.67. The molecule has 3 atom stereocenters. The molecule has 1 aromatic carbocycles. The monoisotopic (exact) mass is 288 g/mol. The summed E-state index contributed by atoms with van der Waals surface area (Å²) < 4.78 is 0. The summed E-state index contributed by atoms with van der Waals surface area (Å²) in [7, 11) is 1.78. The summed E-state index contributed by atoms with van der Waals surface area (Å²) in [6.07, 6.45) is 2.34. The molecule has 2 aliphatic heterocycles. The van der Waals surface area contributed by atoms with Gasteiger partial charge in [0.15, 0.2) is 0 Å². The summed E-state index contributed by atoms with van der Waals surface area (Å²) in [6, 6.07) is 9.76. The van der Waals surface area contributed by atoms with Crippen LogP contribution in [0.1, 0.15) is 24.8 Å². The molecule has 0 aliphatic carbocycles. The smallest absolute Gasteiger partial charge is 0.320 e. The zero-order valence-electron chi connectivity index (χ0n) is 12.1. The molecule has 1 N–H and O–H groups in total. The van der Waals surface area contributed by atoms with E-state index < -0.39 is 11.9 Å². The molecule has 3 rings (SSSR count). The van der Waals surface area contributed by atoms with E-state index in [-0.39, 0.29) is 18.1 Å². The van der Waals surface area contributed by atoms with Gasteiger partial charge in [-0.25, -0.2) is 4.79 Å². The summed E-state index contributed by atoms with van der Waals surface area (Å²) in [5, 5.41) is 9.26. The SMILES string of the molecule is CN(Cc1ccccc1)C(=O)N1C2CCC1C(C(=O)O)C2. The average Bonchev–Trinajstić information content (AvgIpc) is 3.05. The number of fused-ring (bicyclic) bond motifs is 2. The van der Waals surface area contributed by atoms with Crippen LogP contribution in [0, 0.1) is 5.92 Å². The van der Waals surface area contributed by atoms with Gasteiger partial charge in [0.05, 0.1) is 5.92 Å². The number of hydrogen-bond donors (Lipinski definition) is 1. The lowest BCUT2D eigenvalue weighted by molar-refractivity contribution is -0.142. The van der Waals surface area contributed by atoms with Gasteiger partial charge in [-0.2, -0.15) is 0 Å². The van der Waals surface area contributed by atoms with E-state index in [4.69, 9.17) is 0 Å². The van der Waals surface area contributed by atoms with Crippen molar-refractivity contribution in [3.8, 4) is 0 Å². The standard InChI is InChI=1S/C16H20N2O3/c1-17(10-11-5-3-2-4-6-11)16(21)18-12-7-8-14(18)13(9-12)15(19)20/h2-6,12-14H,7-10H2,1H3,(H,19,20). The maximum Gasteiger partial charge on any atom is 0.320 e. The highest BCUT2D eigenvalue weighted by Gasteiger charge is 2.51. The van der Waals surface area contributed by atoms with Gasteiger partial charge in [-0.05, 0) is 24.8 Å². The van der Waals surface area contributed by atoms with Crippen LogP contribution in [0.3, 0.4) is 0 Å². The maximum absolute atomic E-state index is 12.6. The Labute approximate surface area is 124 Å². The second-order valence-electron chi connectivity index (χ2n) is 6.01. The zero-order valence-corrected chi connectivity index (χ0v) is 12.1. The molecule has 5 heteroatoms. The normalized spacial score (nSPS) is 26.9. The van der Waals surface area contributed by atoms with Crippen LogP contribution in [-0.2, 0) is 11.3 Å². The number of carbonyl (C=O) groups excluding carboxylic acids is 1. The molecule has 0 spiro atoms. The molecule has 2 fully saturated rings. The van der Waals surface area contributed by atoms with Crippen LogP contribution >= 0.6 is 0 Å². The topological polar surface area (TPSA) is 60.9 Å². The molecule has 21 heavy (non-hydrogen) atoms. The summed E-state index contributed by atoms with van der Waals surface area (Å²) in [5.74, 6) is -1.16. The minimum absolute atomic E-state index is 0.0462. The average molecular weight is 288 g/mol. The summed E-state index contributed by atoms with van der Waals surface area (Å²) in [6.45, 7) is 0.549. The number of rotatable bonds is 3. The molecule has 1 aromatic rings. The second-order valence-corrected chi connectivity index (χ2v) is 6.01. The lowest BCUT2D eigenvalue weighted by Gasteiger charge is -2.29. The minimum atomic E-state index is -0.772. The highest BCUT2D eigenvalue weighted by molar-refractivity contribution is 5.79. The largest absolute Gasteiger partial charge is 0.481 e. The molecule has 2 aliphatic rings. The van der Waals surface area contributed by atoms with Gasteiger partial charge in [-0.1, -0.05) is 30.3 Å². The Kier molecular flexibility index (Phi) is 3.57. The van der Waals surface area contributed by atoms with Crippen LogP contribution in [0.15, 0.2) is 30.3 Å². The van der Waals surface area contributed by atoms with E-state index in [2.05, 4.69) is 0 Å². The lowest BCUT2D eigenvalue weighted by Crippen LogP contribution is -2.44. The molecule has 2 saturated heterocycles. The van der Waals surface area contributed by atoms with Gasteiger partial charge in [-0.15, -0.1) is 0 Å². The number of aliphatic carboxylic acids is 1. The van der Waals surface area contributed by atoms with Crippen molar-refractivity contribution >= 4 is 12.0 Å². The summed E-state index contributed by atoms with van der Waals surface area (Å²) in [4.78, 5) is 27.4. The van der Waals surface area contributed by atoms with Gasteiger partial charge < -0.3 is 14.9 Å². The molecule has 2 bridgehead atoms. The van der Waals surface area contributed by atoms with Crippen LogP contribution in [0.2, 0.25) is 0 Å². The van der Waals surface area contributed by atoms with E-state index in [1.807, 2.05) is 35.2 Å². The highest BCUT2D eigenvalue weighted by Crippen LogP contribution is 2.42. The van der Waals surface area contributed by atoms with Crippen molar-refractivity contribution in [3.05, 3.63) is 35.9 Å². The maximum atomic E-state index is 12.6. The summed E-state index contributed by atoms with van der Waals surface area (Å²) in [5.41, 5.74) is 1.08. The van der Waals surface area contributed by atoms with E-state index in [0.717, 1.165) is 18.4 Å². The van der Waals surface area contributed by atoms with E-state index in [0.29, 0.717) is 13.0 Å². The minimum Gasteiger partial charge on any atom is -0.481 e. The van der Waals surface area contributed by atoms with Crippen molar-refractivity contribution < 1.29 is 14.7 Å². The quantitative estimate of drug-likeness (QED) is 0.927. The van der Waals surface area contributed by atoms with E-state index in [1.165, 1.54) is 0 Å². The van der Waals surface area contributed by atoms with Crippen molar-refractivity contribution in [3.63, 3.8) is 0 Å². The van der Waals surface area contributed by atoms with Gasteiger partial charge in [0.2, 0.25) is 0 Å². The Hall–Kier alpha value is -2.04. The Morgan fingerprint density at radius 3 is 2.62 bits per heavy atom. The first-order valence-electron chi connectivity index (χ1n) is 7.38. The molecule has 0 saturated carbocycles. The second kappa shape index (κ2) is 5.39. The number of benzene rings is 1. The number of carboxylic acid groups (broad SMARTS) is 1. The number of carboxylic acids is 1. The number of carbonyl (C=O) groups is 2. The zero-order chi connectivity index (χ0) is 15.0. The molecular weight excluding hydrogens is 268 g/mol. The van der Waals surface area contributed by atoms with E-state index >= 15 is 0 Å². The predicted octanol–water partition coefficient (Wildman–Crippen LogP) is 2.18. The van der Waals surface area contributed by atoms with E-state index in [9.17, 15) is 14.7 Å². The van der Waals surface area contributed by atoms with Crippen LogP contribution in [-0.4, -0.2) is 46.0 Å². The van der Waals surface area contributed by atoms with Crippen LogP contribution in [0.25, 0.3) is 0 Å². The first-order valence-corrected chi connectivity index (χ1v) is 7.38. The number of urea groups is 1. The highest BCUT2D eigenvalue weighted by atomic mass is 16.4. The molecule has 2 amide bonds. The number of hydrogen-bond acceptors (Lipinski definition) is 2. The van der Waals surface area contributed by atoms with Crippen molar-refractivity contribution in [1.82, 2.24) is 9.80 Å². The third kappa shape index (κ3) is 2.48. The molecule has 5 nitrogen and oxygen atoms in total. The predicted molar refractivity (Wildman–Crippen MR) is 77.7 cm³/mol. The lowest BCUT2D eigenvalue weighted by atomic mass is 9.89. The van der Waals surface area contributed by atoms with Gasteiger partial charge in [0.25, 0.3) is 0 Å². The Balaban J connectivity index is 1.69. The Morgan fingerprint density at radius 1 is 1.29 bits per heavy atom. The Morgan fingerprint density at radius 2 is 2.00 bits per heavy atom. The third-order valence-corrected chi connectivity index (χ3v) is 4.66. The van der Waals surface area contributed by atoms with Gasteiger partial charge in [0.1, 0.15) is 0 Å². The molecule has 3 unspecified atom stereocenters. The fourth-order valence-electron chi connectivity index (χ4n) is 3.67. The van der Waals surface area contributed by atoms with Crippen LogP contribution < -0.4 is 0 Å². The number of nitrogens with zero attached hydrogens (tertiary/aromatic N) is 2. The van der Waals surface area contributed by atoms with Gasteiger partial charge in [-0.3, -0.25) is 4.79 Å². The van der Waals surface area contributed by atoms with Crippen molar-refractivity contribution in [2.24, 2.45) is 5.92 Å². The molecule has 112 valence electrons. The molecule has 0 aromatic heterocycles. The van der Waals surface area contributed by atoms with E-state index in [1.54, 1.807) is 11.9 Å². The third-order valence-electron chi connectivity index (χ3n) is 4.66. The van der Waals surface area contributed by atoms with Gasteiger partial charge >= 0.3 is 12.0 Å². The van der Waals surface area contributed by atoms with Crippen LogP contribution in [0.4, 0.5) is 4.79 Å². The van der Waals surface area contributed by atoms with Crippen molar-refractivity contribution in [2.45, 2.75) is 37.9 Å². The number of amides is 2. The van der Waals surface area contributed by atoms with Crippen molar-refractivity contribution in [2.75, 3.05) is 7.05 Å². The summed E-state index contributed by atoms with van der Waals surface area (Å²) >= 11 is 0. The first kappa shape index (κ1) is 13.9. The molecule has 0 radical (unpaired) electrons. The first-order chi connectivity index (χ1) is 10.1. The fraction of sp³-hybridized carbons (Fsp3) is 0.500. The van der Waals surface area contributed by atoms with Crippen molar-refractivity contribution in [1.29, 1.82) is 0 Å². The molecular formula is C16H20N2O3. The van der Waals surface area contributed by atoms with Gasteiger partial charge in [0, 0.05) is 25.7 Å². The molecule has 2 heterocycles. The Bertz CT molecular complexity index is 546. The van der Waals surface area contributed by atoms with Crippen LogP contribution in [0.5, 0.6) is 0 Å².